The fourth-order valence-electron chi connectivity index (χ4n) is 5.86. The summed E-state index contributed by atoms with van der Waals surface area (Å²) in [6.07, 6.45) is 21.0. The minimum atomic E-state index is -4.10. The highest BCUT2D eigenvalue weighted by atomic mass is 32.2. The van der Waals surface area contributed by atoms with E-state index in [2.05, 4.69) is 17.0 Å². The van der Waals surface area contributed by atoms with Crippen LogP contribution in [-0.4, -0.2) is 30.7 Å². The number of anilines is 1. The van der Waals surface area contributed by atoms with E-state index < -0.39 is 26.8 Å². The molecule has 3 rings (SSSR count). The topological polar surface area (TPSA) is 95.5 Å². The molecular formula is C35H52N2O4S. The number of fused-ring (bicyclic) bond motifs is 1. The molecule has 1 aliphatic rings. The lowest BCUT2D eigenvalue weighted by Crippen LogP contribution is -2.57. The summed E-state index contributed by atoms with van der Waals surface area (Å²) in [6, 6.07) is 15.4. The lowest BCUT2D eigenvalue weighted by molar-refractivity contribution is -0.134. The average Bonchev–Trinajstić information content (AvgIpc) is 2.99. The maximum atomic E-state index is 13.8. The Morgan fingerprint density at radius 2 is 1.36 bits per heavy atom. The first kappa shape index (κ1) is 34.0. The summed E-state index contributed by atoms with van der Waals surface area (Å²) < 4.78 is 30.4. The fourth-order valence-corrected chi connectivity index (χ4v) is 7.73. The molecule has 0 heterocycles. The molecule has 2 aromatic rings. The van der Waals surface area contributed by atoms with Crippen molar-refractivity contribution in [1.82, 2.24) is 4.72 Å². The number of carbonyl (C=O) groups excluding carboxylic acids is 1. The molecule has 0 bridgehead atoms. The van der Waals surface area contributed by atoms with Crippen molar-refractivity contribution < 1.29 is 18.3 Å². The summed E-state index contributed by atoms with van der Waals surface area (Å²) in [7, 11) is -4.10. The summed E-state index contributed by atoms with van der Waals surface area (Å²) in [5, 5.41) is 13.2. The molecule has 0 spiro atoms. The van der Waals surface area contributed by atoms with Crippen molar-refractivity contribution in [2.75, 3.05) is 5.32 Å². The Morgan fingerprint density at radius 1 is 0.810 bits per heavy atom. The van der Waals surface area contributed by atoms with Crippen LogP contribution in [0.3, 0.4) is 0 Å². The van der Waals surface area contributed by atoms with E-state index >= 15 is 0 Å². The van der Waals surface area contributed by atoms with Gasteiger partial charge in [-0.1, -0.05) is 152 Å². The number of aliphatic hydroxyl groups is 1. The predicted molar refractivity (Wildman–Crippen MR) is 175 cm³/mol. The van der Waals surface area contributed by atoms with Crippen molar-refractivity contribution in [3.8, 4) is 0 Å². The van der Waals surface area contributed by atoms with E-state index in [9.17, 15) is 18.3 Å². The number of benzene rings is 2. The third kappa shape index (κ3) is 9.78. The number of amides is 1. The van der Waals surface area contributed by atoms with E-state index in [1.54, 1.807) is 54.6 Å². The summed E-state index contributed by atoms with van der Waals surface area (Å²) in [5.74, 6) is -0.773. The zero-order chi connectivity index (χ0) is 30.3. The van der Waals surface area contributed by atoms with Crippen molar-refractivity contribution >= 4 is 27.7 Å². The predicted octanol–water partition coefficient (Wildman–Crippen LogP) is 8.09. The Kier molecular flexibility index (Phi) is 14.2. The number of hydrogen-bond donors (Lipinski definition) is 3. The molecule has 3 N–H and O–H groups in total. The second-order valence-electron chi connectivity index (χ2n) is 11.8. The van der Waals surface area contributed by atoms with Crippen molar-refractivity contribution in [3.05, 3.63) is 71.8 Å². The summed E-state index contributed by atoms with van der Waals surface area (Å²) in [4.78, 5) is 13.6. The van der Waals surface area contributed by atoms with E-state index in [1.165, 1.54) is 76.7 Å². The van der Waals surface area contributed by atoms with Gasteiger partial charge < -0.3 is 10.4 Å². The normalized spacial score (nSPS) is 18.9. The summed E-state index contributed by atoms with van der Waals surface area (Å²) in [6.45, 7) is 4.22. The Bertz CT molecular complexity index is 1210. The van der Waals surface area contributed by atoms with Gasteiger partial charge in [0.1, 0.15) is 5.25 Å². The van der Waals surface area contributed by atoms with Crippen molar-refractivity contribution in [2.45, 2.75) is 127 Å². The van der Waals surface area contributed by atoms with Crippen molar-refractivity contribution in [3.63, 3.8) is 0 Å². The number of nitrogens with one attached hydrogen (secondary N) is 2. The largest absolute Gasteiger partial charge is 0.374 e. The molecule has 0 fully saturated rings. The lowest BCUT2D eigenvalue weighted by atomic mass is 9.81. The minimum Gasteiger partial charge on any atom is -0.374 e. The molecule has 0 aromatic heterocycles. The number of carbonyl (C=O) groups is 1. The van der Waals surface area contributed by atoms with Crippen LogP contribution in [0.1, 0.15) is 121 Å². The Balaban J connectivity index is 1.52. The van der Waals surface area contributed by atoms with Gasteiger partial charge in [-0.2, -0.15) is 0 Å². The first-order valence-corrected chi connectivity index (χ1v) is 17.7. The van der Waals surface area contributed by atoms with Crippen LogP contribution in [0, 0.1) is 0 Å². The van der Waals surface area contributed by atoms with Gasteiger partial charge in [-0.05, 0) is 30.5 Å². The standard InChI is InChI=1S/C35H52N2O4S/c1-3-5-6-7-8-9-10-11-12-13-14-15-17-23-30(4-2)37-42(40,41)33-28-27-29-22-20-21-26-32(29)35(33,39)34(38)36-31-24-18-16-19-25-31/h16,18-22,24-28,30,33,37,39H,3-15,17,23H2,1-2H3,(H,36,38). The number of rotatable bonds is 20. The van der Waals surface area contributed by atoms with Crippen LogP contribution in [0.15, 0.2) is 60.7 Å². The van der Waals surface area contributed by atoms with Crippen LogP contribution in [-0.2, 0) is 20.4 Å². The zero-order valence-corrected chi connectivity index (χ0v) is 26.5. The summed E-state index contributed by atoms with van der Waals surface area (Å²) >= 11 is 0. The quantitative estimate of drug-likeness (QED) is 0.135. The van der Waals surface area contributed by atoms with Crippen LogP contribution < -0.4 is 10.0 Å². The molecule has 0 saturated heterocycles. The second-order valence-corrected chi connectivity index (χ2v) is 13.6. The third-order valence-electron chi connectivity index (χ3n) is 8.43. The molecule has 3 atom stereocenters. The van der Waals surface area contributed by atoms with Gasteiger partial charge >= 0.3 is 0 Å². The Hall–Kier alpha value is -2.48. The Morgan fingerprint density at radius 3 is 1.95 bits per heavy atom. The van der Waals surface area contributed by atoms with E-state index in [0.29, 0.717) is 17.7 Å². The van der Waals surface area contributed by atoms with Crippen LogP contribution in [0.2, 0.25) is 0 Å². The van der Waals surface area contributed by atoms with Crippen LogP contribution >= 0.6 is 0 Å². The van der Waals surface area contributed by atoms with E-state index in [0.717, 1.165) is 19.3 Å². The van der Waals surface area contributed by atoms with Gasteiger partial charge in [0, 0.05) is 17.3 Å². The number of unbranched alkanes of at least 4 members (excludes halogenated alkanes) is 12. The van der Waals surface area contributed by atoms with Crippen LogP contribution in [0.4, 0.5) is 5.69 Å². The van der Waals surface area contributed by atoms with Crippen LogP contribution in [0.5, 0.6) is 0 Å². The molecule has 1 amide bonds. The first-order valence-electron chi connectivity index (χ1n) is 16.2. The highest BCUT2D eigenvalue weighted by Crippen LogP contribution is 2.38. The molecule has 0 saturated carbocycles. The van der Waals surface area contributed by atoms with Gasteiger partial charge in [0.2, 0.25) is 10.0 Å². The molecule has 42 heavy (non-hydrogen) atoms. The highest BCUT2D eigenvalue weighted by Gasteiger charge is 2.53. The molecule has 3 unspecified atom stereocenters. The molecule has 232 valence electrons. The van der Waals surface area contributed by atoms with Crippen molar-refractivity contribution in [1.29, 1.82) is 0 Å². The molecule has 0 radical (unpaired) electrons. The molecule has 7 heteroatoms. The van der Waals surface area contributed by atoms with E-state index in [-0.39, 0.29) is 11.6 Å². The average molecular weight is 597 g/mol. The van der Waals surface area contributed by atoms with Gasteiger partial charge in [0.05, 0.1) is 0 Å². The smallest absolute Gasteiger partial charge is 0.262 e. The van der Waals surface area contributed by atoms with E-state index in [4.69, 9.17) is 0 Å². The molecule has 2 aromatic carbocycles. The SMILES string of the molecule is CCCCCCCCCCCCCCCC(CC)NS(=O)(=O)C1C=Cc2ccccc2C1(O)C(=O)Nc1ccccc1. The maximum absolute atomic E-state index is 13.8. The maximum Gasteiger partial charge on any atom is 0.262 e. The fraction of sp³-hybridized carbons (Fsp3) is 0.571. The molecule has 6 nitrogen and oxygen atoms in total. The molecule has 0 aliphatic heterocycles. The Labute approximate surface area is 254 Å². The highest BCUT2D eigenvalue weighted by molar-refractivity contribution is 7.90. The number of para-hydroxylation sites is 1. The van der Waals surface area contributed by atoms with Gasteiger partial charge in [-0.25, -0.2) is 13.1 Å². The van der Waals surface area contributed by atoms with Gasteiger partial charge in [-0.3, -0.25) is 4.79 Å². The molecular weight excluding hydrogens is 544 g/mol. The third-order valence-corrected chi connectivity index (χ3v) is 10.3. The second kappa shape index (κ2) is 17.6. The monoisotopic (exact) mass is 596 g/mol. The number of sulfonamides is 1. The summed E-state index contributed by atoms with van der Waals surface area (Å²) in [5.41, 5.74) is -0.906. The van der Waals surface area contributed by atoms with Crippen molar-refractivity contribution in [2.24, 2.45) is 0 Å². The van der Waals surface area contributed by atoms with Gasteiger partial charge in [-0.15, -0.1) is 0 Å². The molecule has 1 aliphatic carbocycles. The van der Waals surface area contributed by atoms with Gasteiger partial charge in [0.25, 0.3) is 5.91 Å². The number of hydrogen-bond acceptors (Lipinski definition) is 4. The van der Waals surface area contributed by atoms with E-state index in [1.807, 2.05) is 13.0 Å². The lowest BCUT2D eigenvalue weighted by Gasteiger charge is -2.37. The van der Waals surface area contributed by atoms with Crippen LogP contribution in [0.25, 0.3) is 6.08 Å². The van der Waals surface area contributed by atoms with Gasteiger partial charge in [0.15, 0.2) is 5.60 Å². The minimum absolute atomic E-state index is 0.255. The zero-order valence-electron chi connectivity index (χ0n) is 25.7. The first-order chi connectivity index (χ1) is 20.3.